The zero-order chi connectivity index (χ0) is 20.9. The molecule has 0 saturated carbocycles. The van der Waals surface area contributed by atoms with Gasteiger partial charge in [-0.15, -0.1) is 11.3 Å². The van der Waals surface area contributed by atoms with Crippen molar-refractivity contribution >= 4 is 44.4 Å². The number of carbonyl (C=O) groups excluding carboxylic acids is 1. The number of nitrogens with zero attached hydrogens (tertiary/aromatic N) is 1. The van der Waals surface area contributed by atoms with Crippen molar-refractivity contribution in [1.29, 1.82) is 0 Å². The molecule has 8 heteroatoms. The Labute approximate surface area is 175 Å². The van der Waals surface area contributed by atoms with Crippen LogP contribution < -0.4 is 5.43 Å². The van der Waals surface area contributed by atoms with Gasteiger partial charge in [-0.3, -0.25) is 4.79 Å². The lowest BCUT2D eigenvalue weighted by Gasteiger charge is -2.16. The minimum Gasteiger partial charge on any atom is -0.273 e. The highest BCUT2D eigenvalue weighted by Crippen LogP contribution is 2.24. The van der Waals surface area contributed by atoms with Gasteiger partial charge >= 0.3 is 0 Å². The van der Waals surface area contributed by atoms with Crippen molar-refractivity contribution in [2.75, 3.05) is 5.75 Å². The third-order valence-electron chi connectivity index (χ3n) is 3.80. The summed E-state index contributed by atoms with van der Waals surface area (Å²) in [4.78, 5) is 13.7. The summed E-state index contributed by atoms with van der Waals surface area (Å²) in [5.74, 6) is -0.0797. The molecule has 0 saturated heterocycles. The molecular formula is C20H25ClN2O3S2. The van der Waals surface area contributed by atoms with Crippen LogP contribution in [-0.2, 0) is 20.4 Å². The maximum absolute atomic E-state index is 12.2. The van der Waals surface area contributed by atoms with Crippen molar-refractivity contribution in [2.24, 2.45) is 10.5 Å². The third kappa shape index (κ3) is 7.04. The lowest BCUT2D eigenvalue weighted by Crippen LogP contribution is -2.25. The first-order chi connectivity index (χ1) is 13.0. The topological polar surface area (TPSA) is 75.6 Å². The maximum atomic E-state index is 12.2. The van der Waals surface area contributed by atoms with Gasteiger partial charge in [0.25, 0.3) is 0 Å². The van der Waals surface area contributed by atoms with E-state index in [0.29, 0.717) is 17.2 Å². The molecular weight excluding hydrogens is 416 g/mol. The molecule has 1 amide bonds. The number of sulfone groups is 1. The first-order valence-corrected chi connectivity index (χ1v) is 11.9. The van der Waals surface area contributed by atoms with E-state index >= 15 is 0 Å². The monoisotopic (exact) mass is 440 g/mol. The molecule has 0 atom stereocenters. The number of carbonyl (C=O) groups is 1. The molecule has 0 aliphatic carbocycles. The molecule has 5 nitrogen and oxygen atoms in total. The lowest BCUT2D eigenvalue weighted by atomic mass is 9.92. The van der Waals surface area contributed by atoms with Crippen LogP contribution in [0.15, 0.2) is 41.5 Å². The summed E-state index contributed by atoms with van der Waals surface area (Å²) in [5, 5.41) is 4.94. The summed E-state index contributed by atoms with van der Waals surface area (Å²) in [5.41, 5.74) is 3.83. The molecule has 0 aliphatic rings. The summed E-state index contributed by atoms with van der Waals surface area (Å²) in [6, 6.07) is 10.8. The number of hydrogen-bond donors (Lipinski definition) is 1. The van der Waals surface area contributed by atoms with E-state index in [0.717, 1.165) is 15.3 Å². The number of rotatable bonds is 7. The first kappa shape index (κ1) is 22.6. The van der Waals surface area contributed by atoms with Gasteiger partial charge in [-0.1, -0.05) is 51.4 Å². The van der Waals surface area contributed by atoms with Crippen LogP contribution in [0.25, 0.3) is 0 Å². The molecule has 1 N–H and O–H groups in total. The number of halogens is 1. The summed E-state index contributed by atoms with van der Waals surface area (Å²) in [6.07, 6.45) is 0.342. The van der Waals surface area contributed by atoms with Crippen molar-refractivity contribution in [1.82, 2.24) is 5.43 Å². The Hall–Kier alpha value is -1.70. The maximum Gasteiger partial charge on any atom is 0.240 e. The van der Waals surface area contributed by atoms with Crippen molar-refractivity contribution in [3.8, 4) is 0 Å². The van der Waals surface area contributed by atoms with E-state index < -0.39 is 9.84 Å². The van der Waals surface area contributed by atoms with Gasteiger partial charge in [-0.2, -0.15) is 5.10 Å². The lowest BCUT2D eigenvalue weighted by molar-refractivity contribution is -0.122. The fraction of sp³-hybridized carbons (Fsp3) is 0.400. The van der Waals surface area contributed by atoms with Crippen LogP contribution in [0.2, 0.25) is 5.02 Å². The molecule has 1 aromatic carbocycles. The summed E-state index contributed by atoms with van der Waals surface area (Å²) >= 11 is 7.33. The predicted molar refractivity (Wildman–Crippen MR) is 117 cm³/mol. The molecule has 2 rings (SSSR count). The molecule has 0 radical (unpaired) electrons. The van der Waals surface area contributed by atoms with Gasteiger partial charge in [0.2, 0.25) is 5.91 Å². The van der Waals surface area contributed by atoms with Crippen LogP contribution in [0.5, 0.6) is 0 Å². The molecule has 0 bridgehead atoms. The second kappa shape index (κ2) is 9.20. The molecule has 0 fully saturated rings. The van der Waals surface area contributed by atoms with Gasteiger partial charge in [0.15, 0.2) is 9.84 Å². The van der Waals surface area contributed by atoms with Crippen LogP contribution in [0.4, 0.5) is 0 Å². The summed E-state index contributed by atoms with van der Waals surface area (Å²) in [6.45, 7) is 7.58. The normalized spacial score (nSPS) is 12.8. The van der Waals surface area contributed by atoms with Crippen molar-refractivity contribution in [3.05, 3.63) is 56.7 Å². The van der Waals surface area contributed by atoms with Gasteiger partial charge in [0.1, 0.15) is 5.71 Å². The molecule has 1 aromatic heterocycles. The second-order valence-electron chi connectivity index (χ2n) is 7.68. The van der Waals surface area contributed by atoms with E-state index in [1.54, 1.807) is 25.1 Å². The van der Waals surface area contributed by atoms with Crippen LogP contribution in [-0.4, -0.2) is 25.8 Å². The molecule has 152 valence electrons. The highest BCUT2D eigenvalue weighted by Gasteiger charge is 2.18. The van der Waals surface area contributed by atoms with E-state index in [2.05, 4.69) is 10.5 Å². The second-order valence-corrected chi connectivity index (χ2v) is 11.6. The number of hydrogen-bond acceptors (Lipinski definition) is 5. The van der Waals surface area contributed by atoms with Gasteiger partial charge in [0.05, 0.1) is 10.6 Å². The number of thiophene rings is 1. The van der Waals surface area contributed by atoms with E-state index in [4.69, 9.17) is 11.6 Å². The molecule has 28 heavy (non-hydrogen) atoms. The van der Waals surface area contributed by atoms with E-state index in [-0.39, 0.29) is 22.8 Å². The van der Waals surface area contributed by atoms with Crippen LogP contribution >= 0.6 is 22.9 Å². The molecule has 0 aliphatic heterocycles. The van der Waals surface area contributed by atoms with Crippen molar-refractivity contribution in [3.63, 3.8) is 0 Å². The summed E-state index contributed by atoms with van der Waals surface area (Å²) < 4.78 is 23.8. The van der Waals surface area contributed by atoms with Crippen LogP contribution in [0.1, 0.15) is 49.4 Å². The quantitative estimate of drug-likeness (QED) is 0.503. The molecule has 0 unspecified atom stereocenters. The largest absolute Gasteiger partial charge is 0.273 e. The zero-order valence-electron chi connectivity index (χ0n) is 16.5. The van der Waals surface area contributed by atoms with Gasteiger partial charge in [-0.05, 0) is 29.7 Å². The van der Waals surface area contributed by atoms with Crippen LogP contribution in [0.3, 0.4) is 0 Å². The highest BCUT2D eigenvalue weighted by atomic mass is 35.5. The van der Waals surface area contributed by atoms with Gasteiger partial charge < -0.3 is 0 Å². The van der Waals surface area contributed by atoms with Crippen molar-refractivity contribution < 1.29 is 13.2 Å². The predicted octanol–water partition coefficient (Wildman–Crippen LogP) is 4.64. The molecule has 1 heterocycles. The Bertz CT molecular complexity index is 956. The summed E-state index contributed by atoms with van der Waals surface area (Å²) in [7, 11) is -3.12. The first-order valence-electron chi connectivity index (χ1n) is 8.91. The van der Waals surface area contributed by atoms with E-state index in [9.17, 15) is 13.2 Å². The van der Waals surface area contributed by atoms with Crippen LogP contribution in [0, 0.1) is 5.41 Å². The fourth-order valence-electron chi connectivity index (χ4n) is 2.41. The minimum atomic E-state index is -3.12. The Morgan fingerprint density at radius 2 is 1.79 bits per heavy atom. The van der Waals surface area contributed by atoms with Gasteiger partial charge in [0, 0.05) is 27.6 Å². The number of nitrogens with one attached hydrogen (secondary N) is 1. The van der Waals surface area contributed by atoms with Gasteiger partial charge in [-0.25, -0.2) is 13.8 Å². The van der Waals surface area contributed by atoms with E-state index in [1.807, 2.05) is 39.0 Å². The minimum absolute atomic E-state index is 0.00154. The average Bonchev–Trinajstić information content (AvgIpc) is 3.02. The Morgan fingerprint density at radius 1 is 1.14 bits per heavy atom. The third-order valence-corrected chi connectivity index (χ3v) is 6.96. The Balaban J connectivity index is 2.34. The standard InChI is InChI=1S/C20H25ClN2O3S2/c1-5-28(25,26)13-16-10-11-17(27-16)19(14-6-8-15(21)9-7-14)23-22-18(24)12-20(2,3)4/h6-11H,5,12-13H2,1-4H3,(H,22,24). The number of amides is 1. The fourth-order valence-corrected chi connectivity index (χ4v) is 4.86. The smallest absolute Gasteiger partial charge is 0.240 e. The highest BCUT2D eigenvalue weighted by molar-refractivity contribution is 7.90. The Morgan fingerprint density at radius 3 is 2.36 bits per heavy atom. The molecule has 2 aromatic rings. The van der Waals surface area contributed by atoms with E-state index in [1.165, 1.54) is 11.3 Å². The number of benzene rings is 1. The average molecular weight is 441 g/mol. The SMILES string of the molecule is CCS(=O)(=O)Cc1ccc(C(=NNC(=O)CC(C)(C)C)c2ccc(Cl)cc2)s1. The zero-order valence-corrected chi connectivity index (χ0v) is 18.8. The number of hydrazone groups is 1. The van der Waals surface area contributed by atoms with Crippen molar-refractivity contribution in [2.45, 2.75) is 39.9 Å². The Kier molecular flexibility index (Phi) is 7.42. The molecule has 0 spiro atoms.